The molecule has 0 spiro atoms. The van der Waals surface area contributed by atoms with E-state index in [1.54, 1.807) is 25.2 Å². The highest BCUT2D eigenvalue weighted by molar-refractivity contribution is 7.80. The van der Waals surface area contributed by atoms with E-state index in [-0.39, 0.29) is 0 Å². The van der Waals surface area contributed by atoms with Crippen LogP contribution in [0.4, 0.5) is 5.69 Å². The molecular weight excluding hydrogens is 234 g/mol. The van der Waals surface area contributed by atoms with Crippen molar-refractivity contribution in [2.75, 3.05) is 12.4 Å². The highest BCUT2D eigenvalue weighted by Crippen LogP contribution is 2.21. The molecule has 0 aliphatic carbocycles. The van der Waals surface area contributed by atoms with Crippen LogP contribution >= 0.6 is 0 Å². The van der Waals surface area contributed by atoms with E-state index >= 15 is 0 Å². The maximum Gasteiger partial charge on any atom is 0.242 e. The third-order valence-corrected chi connectivity index (χ3v) is 3.31. The number of benzene rings is 2. The summed E-state index contributed by atoms with van der Waals surface area (Å²) in [5.74, 6) is 0.594. The van der Waals surface area contributed by atoms with E-state index in [9.17, 15) is 4.21 Å². The van der Waals surface area contributed by atoms with Gasteiger partial charge in [0.05, 0.1) is 5.69 Å². The molecule has 0 aliphatic heterocycles. The minimum Gasteiger partial charge on any atom is -0.397 e. The van der Waals surface area contributed by atoms with Gasteiger partial charge in [0, 0.05) is 7.05 Å². The molecule has 0 aromatic heterocycles. The average molecular weight is 247 g/mol. The average Bonchev–Trinajstić information content (AvgIpc) is 2.40. The zero-order chi connectivity index (χ0) is 12.1. The van der Waals surface area contributed by atoms with Gasteiger partial charge in [-0.2, -0.15) is 0 Å². The molecule has 2 rings (SSSR count). The van der Waals surface area contributed by atoms with Gasteiger partial charge < -0.3 is 9.50 Å². The fourth-order valence-corrected chi connectivity index (χ4v) is 2.34. The first-order chi connectivity index (χ1) is 8.31. The van der Waals surface area contributed by atoms with Crippen molar-refractivity contribution in [1.29, 1.82) is 0 Å². The number of para-hydroxylation sites is 2. The van der Waals surface area contributed by atoms with Crippen LogP contribution in [0.2, 0.25) is 0 Å². The van der Waals surface area contributed by atoms with Gasteiger partial charge >= 0.3 is 0 Å². The standard InChI is InChI=1S/C13H13NO2S/c1-14-12-9-5-6-10-13(12)17(15)16-11-7-3-2-4-8-11/h2-10,14H,1H3. The van der Waals surface area contributed by atoms with Crippen LogP contribution in [0.3, 0.4) is 0 Å². The Morgan fingerprint density at radius 3 is 2.35 bits per heavy atom. The van der Waals surface area contributed by atoms with Gasteiger partial charge in [-0.3, -0.25) is 0 Å². The van der Waals surface area contributed by atoms with E-state index < -0.39 is 11.1 Å². The van der Waals surface area contributed by atoms with Crippen LogP contribution < -0.4 is 9.50 Å². The number of anilines is 1. The third-order valence-electron chi connectivity index (χ3n) is 2.25. The molecule has 0 saturated heterocycles. The van der Waals surface area contributed by atoms with Crippen molar-refractivity contribution in [3.8, 4) is 5.75 Å². The van der Waals surface area contributed by atoms with Gasteiger partial charge in [0.2, 0.25) is 11.1 Å². The van der Waals surface area contributed by atoms with Crippen molar-refractivity contribution in [1.82, 2.24) is 0 Å². The van der Waals surface area contributed by atoms with Crippen molar-refractivity contribution >= 4 is 16.8 Å². The summed E-state index contributed by atoms with van der Waals surface area (Å²) in [6.45, 7) is 0. The highest BCUT2D eigenvalue weighted by Gasteiger charge is 2.10. The van der Waals surface area contributed by atoms with E-state index in [2.05, 4.69) is 5.32 Å². The Kier molecular flexibility index (Phi) is 3.77. The van der Waals surface area contributed by atoms with Crippen LogP contribution in [0.25, 0.3) is 0 Å². The molecule has 0 amide bonds. The smallest absolute Gasteiger partial charge is 0.242 e. The zero-order valence-corrected chi connectivity index (χ0v) is 10.2. The predicted molar refractivity (Wildman–Crippen MR) is 69.5 cm³/mol. The summed E-state index contributed by atoms with van der Waals surface area (Å²) in [6, 6.07) is 16.5. The molecule has 0 radical (unpaired) electrons. The first kappa shape index (κ1) is 11.7. The summed E-state index contributed by atoms with van der Waals surface area (Å²) >= 11 is -1.51. The zero-order valence-electron chi connectivity index (χ0n) is 9.42. The Labute approximate surface area is 103 Å². The maximum absolute atomic E-state index is 12.0. The van der Waals surface area contributed by atoms with Gasteiger partial charge in [0.15, 0.2) is 0 Å². The second-order valence-electron chi connectivity index (χ2n) is 3.38. The van der Waals surface area contributed by atoms with Crippen LogP contribution in [-0.4, -0.2) is 11.3 Å². The summed E-state index contributed by atoms with van der Waals surface area (Å²) in [4.78, 5) is 0.638. The fourth-order valence-electron chi connectivity index (χ4n) is 1.43. The molecule has 0 saturated carbocycles. The minimum atomic E-state index is -1.51. The minimum absolute atomic E-state index is 0.594. The third kappa shape index (κ3) is 2.85. The van der Waals surface area contributed by atoms with Crippen molar-refractivity contribution in [2.45, 2.75) is 4.90 Å². The summed E-state index contributed by atoms with van der Waals surface area (Å²) in [6.07, 6.45) is 0. The van der Waals surface area contributed by atoms with Gasteiger partial charge in [-0.15, -0.1) is 0 Å². The van der Waals surface area contributed by atoms with Crippen molar-refractivity contribution in [3.63, 3.8) is 0 Å². The Bertz CT molecular complexity index is 514. The monoisotopic (exact) mass is 247 g/mol. The molecule has 3 nitrogen and oxygen atoms in total. The number of rotatable bonds is 4. The van der Waals surface area contributed by atoms with Crippen LogP contribution in [0.5, 0.6) is 5.75 Å². The van der Waals surface area contributed by atoms with Gasteiger partial charge in [0.1, 0.15) is 10.6 Å². The quantitative estimate of drug-likeness (QED) is 0.902. The molecule has 2 aromatic carbocycles. The van der Waals surface area contributed by atoms with Gasteiger partial charge in [0.25, 0.3) is 0 Å². The van der Waals surface area contributed by atoms with Crippen molar-refractivity contribution < 1.29 is 8.39 Å². The van der Waals surface area contributed by atoms with E-state index in [1.807, 2.05) is 36.4 Å². The lowest BCUT2D eigenvalue weighted by molar-refractivity contribution is 0.562. The molecule has 1 atom stereocenters. The van der Waals surface area contributed by atoms with Crippen LogP contribution in [-0.2, 0) is 11.1 Å². The SMILES string of the molecule is CNc1ccccc1S(=O)Oc1ccccc1. The second-order valence-corrected chi connectivity index (χ2v) is 4.45. The topological polar surface area (TPSA) is 38.3 Å². The molecule has 17 heavy (non-hydrogen) atoms. The van der Waals surface area contributed by atoms with Gasteiger partial charge in [-0.05, 0) is 24.3 Å². The number of hydrogen-bond donors (Lipinski definition) is 1. The van der Waals surface area contributed by atoms with Crippen LogP contribution in [0.1, 0.15) is 0 Å². The van der Waals surface area contributed by atoms with Crippen LogP contribution in [0, 0.1) is 0 Å². The normalized spacial score (nSPS) is 11.8. The molecular formula is C13H13NO2S. The van der Waals surface area contributed by atoms with Crippen molar-refractivity contribution in [3.05, 3.63) is 54.6 Å². The molecule has 0 bridgehead atoms. The molecule has 0 aliphatic rings. The Balaban J connectivity index is 2.20. The molecule has 1 unspecified atom stereocenters. The lowest BCUT2D eigenvalue weighted by atomic mass is 10.3. The van der Waals surface area contributed by atoms with Crippen molar-refractivity contribution in [2.24, 2.45) is 0 Å². The number of nitrogens with one attached hydrogen (secondary N) is 1. The van der Waals surface area contributed by atoms with E-state index in [4.69, 9.17) is 4.18 Å². The fraction of sp³-hybridized carbons (Fsp3) is 0.0769. The lowest BCUT2D eigenvalue weighted by Crippen LogP contribution is -2.04. The first-order valence-electron chi connectivity index (χ1n) is 5.23. The second kappa shape index (κ2) is 5.50. The Morgan fingerprint density at radius 2 is 1.65 bits per heavy atom. The first-order valence-corrected chi connectivity index (χ1v) is 6.30. The molecule has 0 heterocycles. The van der Waals surface area contributed by atoms with Crippen LogP contribution in [0.15, 0.2) is 59.5 Å². The Morgan fingerprint density at radius 1 is 1.00 bits per heavy atom. The van der Waals surface area contributed by atoms with E-state index in [0.29, 0.717) is 10.6 Å². The van der Waals surface area contributed by atoms with E-state index in [1.165, 1.54) is 0 Å². The highest BCUT2D eigenvalue weighted by atomic mass is 32.2. The largest absolute Gasteiger partial charge is 0.397 e. The van der Waals surface area contributed by atoms with Gasteiger partial charge in [-0.1, -0.05) is 30.3 Å². The van der Waals surface area contributed by atoms with E-state index in [0.717, 1.165) is 5.69 Å². The lowest BCUT2D eigenvalue weighted by Gasteiger charge is -2.08. The summed E-state index contributed by atoms with van der Waals surface area (Å²) in [5, 5.41) is 2.99. The maximum atomic E-state index is 12.0. The summed E-state index contributed by atoms with van der Waals surface area (Å²) in [7, 11) is 1.79. The molecule has 2 aromatic rings. The number of hydrogen-bond acceptors (Lipinski definition) is 3. The molecule has 88 valence electrons. The molecule has 1 N–H and O–H groups in total. The molecule has 4 heteroatoms. The Hall–Kier alpha value is -1.81. The summed E-state index contributed by atoms with van der Waals surface area (Å²) in [5.41, 5.74) is 0.807. The predicted octanol–water partition coefficient (Wildman–Crippen LogP) is 2.83. The summed E-state index contributed by atoms with van der Waals surface area (Å²) < 4.78 is 17.4. The molecule has 0 fully saturated rings. The van der Waals surface area contributed by atoms with Gasteiger partial charge in [-0.25, -0.2) is 4.21 Å².